The molecular weight excluding hydrogens is 384 g/mol. The van der Waals surface area contributed by atoms with Crippen molar-refractivity contribution in [2.24, 2.45) is 0 Å². The molecule has 0 aliphatic heterocycles. The Morgan fingerprint density at radius 1 is 1.00 bits per heavy atom. The Labute approximate surface area is 173 Å². The number of nitrogens with one attached hydrogen (secondary N) is 1. The number of rotatable bonds is 7. The summed E-state index contributed by atoms with van der Waals surface area (Å²) in [5, 5.41) is 7.59. The van der Waals surface area contributed by atoms with Crippen LogP contribution in [-0.2, 0) is 6.54 Å². The fraction of sp³-hybridized carbons (Fsp3) is 0.136. The van der Waals surface area contributed by atoms with Crippen LogP contribution in [0.15, 0.2) is 71.3 Å². The highest BCUT2D eigenvalue weighted by Gasteiger charge is 2.20. The number of furan rings is 1. The average molecular weight is 404 g/mol. The largest absolute Gasteiger partial charge is 0.497 e. The molecule has 0 saturated carbocycles. The van der Waals surface area contributed by atoms with E-state index >= 15 is 0 Å². The van der Waals surface area contributed by atoms with Gasteiger partial charge < -0.3 is 19.2 Å². The van der Waals surface area contributed by atoms with Gasteiger partial charge in [0.1, 0.15) is 11.5 Å². The third-order valence-electron chi connectivity index (χ3n) is 4.49. The van der Waals surface area contributed by atoms with Crippen LogP contribution in [0.3, 0.4) is 0 Å². The normalized spacial score (nSPS) is 10.6. The molecule has 2 aromatic heterocycles. The molecule has 30 heavy (non-hydrogen) atoms. The van der Waals surface area contributed by atoms with Gasteiger partial charge in [-0.1, -0.05) is 12.1 Å². The Bertz CT molecular complexity index is 1120. The highest BCUT2D eigenvalue weighted by atomic mass is 16.5. The first-order valence-corrected chi connectivity index (χ1v) is 9.24. The van der Waals surface area contributed by atoms with Crippen molar-refractivity contribution in [1.29, 1.82) is 0 Å². The molecule has 2 aromatic carbocycles. The maximum absolute atomic E-state index is 12.9. The zero-order chi connectivity index (χ0) is 20.9. The monoisotopic (exact) mass is 404 g/mol. The second kappa shape index (κ2) is 8.52. The summed E-state index contributed by atoms with van der Waals surface area (Å²) in [6.07, 6.45) is 1.44. The number of aromatic nitrogens is 3. The van der Waals surface area contributed by atoms with Gasteiger partial charge in [-0.05, 0) is 54.1 Å². The molecule has 0 radical (unpaired) electrons. The molecule has 0 aliphatic rings. The summed E-state index contributed by atoms with van der Waals surface area (Å²) in [5.74, 6) is 1.99. The number of hydrogen-bond donors (Lipinski definition) is 1. The van der Waals surface area contributed by atoms with Gasteiger partial charge in [-0.2, -0.15) is 9.67 Å². The number of carbonyl (C=O) groups is 1. The zero-order valence-corrected chi connectivity index (χ0v) is 16.5. The van der Waals surface area contributed by atoms with Gasteiger partial charge in [0.25, 0.3) is 0 Å². The number of carbonyl (C=O) groups excluding carboxylic acids is 1. The van der Waals surface area contributed by atoms with Crippen LogP contribution in [0.1, 0.15) is 16.1 Å². The van der Waals surface area contributed by atoms with Crippen molar-refractivity contribution in [1.82, 2.24) is 14.8 Å². The van der Waals surface area contributed by atoms with Gasteiger partial charge >= 0.3 is 5.91 Å². The van der Waals surface area contributed by atoms with Gasteiger partial charge in [-0.15, -0.1) is 5.10 Å². The first-order chi connectivity index (χ1) is 14.7. The zero-order valence-electron chi connectivity index (χ0n) is 16.5. The van der Waals surface area contributed by atoms with E-state index in [0.717, 1.165) is 22.6 Å². The molecule has 0 saturated heterocycles. The molecule has 0 bridgehead atoms. The molecule has 1 N–H and O–H groups in total. The Morgan fingerprint density at radius 2 is 1.67 bits per heavy atom. The smallest absolute Gasteiger partial charge is 0.317 e. The third kappa shape index (κ3) is 4.02. The number of benzene rings is 2. The van der Waals surface area contributed by atoms with E-state index in [1.54, 1.807) is 26.4 Å². The van der Waals surface area contributed by atoms with E-state index in [0.29, 0.717) is 18.3 Å². The highest BCUT2D eigenvalue weighted by Crippen LogP contribution is 2.22. The Morgan fingerprint density at radius 3 is 2.27 bits per heavy atom. The quantitative estimate of drug-likeness (QED) is 0.500. The number of nitrogens with zero attached hydrogens (tertiary/aromatic N) is 3. The lowest BCUT2D eigenvalue weighted by Crippen LogP contribution is -2.17. The Kier molecular flexibility index (Phi) is 5.47. The van der Waals surface area contributed by atoms with Crippen LogP contribution in [0, 0.1) is 0 Å². The highest BCUT2D eigenvalue weighted by molar-refractivity contribution is 5.94. The fourth-order valence-electron chi connectivity index (χ4n) is 2.86. The second-order valence-corrected chi connectivity index (χ2v) is 6.38. The molecule has 0 atom stereocenters. The second-order valence-electron chi connectivity index (χ2n) is 6.38. The van der Waals surface area contributed by atoms with Crippen molar-refractivity contribution >= 4 is 11.9 Å². The molecule has 8 nitrogen and oxygen atoms in total. The van der Waals surface area contributed by atoms with Crippen LogP contribution in [0.4, 0.5) is 5.95 Å². The van der Waals surface area contributed by atoms with E-state index in [9.17, 15) is 4.79 Å². The van der Waals surface area contributed by atoms with E-state index in [1.807, 2.05) is 48.5 Å². The molecule has 0 unspecified atom stereocenters. The molecule has 2 heterocycles. The summed E-state index contributed by atoms with van der Waals surface area (Å²) in [6.45, 7) is 0.455. The number of anilines is 1. The molecule has 0 fully saturated rings. The van der Waals surface area contributed by atoms with E-state index in [-0.39, 0.29) is 5.76 Å². The van der Waals surface area contributed by atoms with Crippen molar-refractivity contribution in [2.75, 3.05) is 19.5 Å². The summed E-state index contributed by atoms with van der Waals surface area (Å²) in [6, 6.07) is 18.2. The predicted octanol–water partition coefficient (Wildman–Crippen LogP) is 3.86. The van der Waals surface area contributed by atoms with Gasteiger partial charge in [-0.25, -0.2) is 0 Å². The van der Waals surface area contributed by atoms with Crippen molar-refractivity contribution in [3.63, 3.8) is 0 Å². The van der Waals surface area contributed by atoms with Crippen LogP contribution >= 0.6 is 0 Å². The Hall–Kier alpha value is -4.07. The number of ether oxygens (including phenoxy) is 2. The van der Waals surface area contributed by atoms with Crippen molar-refractivity contribution in [2.45, 2.75) is 6.54 Å². The maximum Gasteiger partial charge on any atom is 0.317 e. The fourth-order valence-corrected chi connectivity index (χ4v) is 2.86. The minimum atomic E-state index is -0.413. The molecule has 0 spiro atoms. The van der Waals surface area contributed by atoms with E-state index in [1.165, 1.54) is 10.9 Å². The molecule has 0 aliphatic carbocycles. The molecule has 4 aromatic rings. The molecule has 0 amide bonds. The maximum atomic E-state index is 12.9. The van der Waals surface area contributed by atoms with Gasteiger partial charge in [-0.3, -0.25) is 4.79 Å². The lowest BCUT2D eigenvalue weighted by molar-refractivity contribution is 0.0919. The Balaban J connectivity index is 1.63. The summed E-state index contributed by atoms with van der Waals surface area (Å²) in [4.78, 5) is 17.4. The van der Waals surface area contributed by atoms with Gasteiger partial charge in [0.2, 0.25) is 5.95 Å². The van der Waals surface area contributed by atoms with Crippen LogP contribution in [0.2, 0.25) is 0 Å². The summed E-state index contributed by atoms with van der Waals surface area (Å²) in [7, 11) is 3.22. The van der Waals surface area contributed by atoms with E-state index in [4.69, 9.17) is 13.9 Å². The van der Waals surface area contributed by atoms with Crippen molar-refractivity contribution in [3.8, 4) is 22.9 Å². The minimum absolute atomic E-state index is 0.175. The van der Waals surface area contributed by atoms with Crippen LogP contribution < -0.4 is 14.8 Å². The van der Waals surface area contributed by atoms with Crippen LogP contribution in [-0.4, -0.2) is 34.9 Å². The minimum Gasteiger partial charge on any atom is -0.497 e. The van der Waals surface area contributed by atoms with Crippen molar-refractivity contribution < 1.29 is 18.7 Å². The first-order valence-electron chi connectivity index (χ1n) is 9.24. The molecular formula is C22H20N4O4. The topological polar surface area (TPSA) is 91.4 Å². The first kappa shape index (κ1) is 19.3. The average Bonchev–Trinajstić information content (AvgIpc) is 3.48. The van der Waals surface area contributed by atoms with E-state index in [2.05, 4.69) is 15.4 Å². The van der Waals surface area contributed by atoms with Crippen LogP contribution in [0.25, 0.3) is 11.4 Å². The summed E-state index contributed by atoms with van der Waals surface area (Å²) in [5.41, 5.74) is 1.76. The molecule has 4 rings (SSSR count). The standard InChI is InChI=1S/C22H20N4O4/c1-28-17-9-5-15(6-10-17)14-23-22-24-20(16-7-11-18(29-2)12-8-16)25-26(22)21(27)19-4-3-13-30-19/h3-13H,14H2,1-2H3,(H,23,24,25). The summed E-state index contributed by atoms with van der Waals surface area (Å²) >= 11 is 0. The molecule has 8 heteroatoms. The van der Waals surface area contributed by atoms with Gasteiger partial charge in [0.15, 0.2) is 11.6 Å². The number of hydrogen-bond acceptors (Lipinski definition) is 7. The van der Waals surface area contributed by atoms with E-state index < -0.39 is 5.91 Å². The molecule has 152 valence electrons. The lowest BCUT2D eigenvalue weighted by atomic mass is 10.2. The lowest BCUT2D eigenvalue weighted by Gasteiger charge is -2.07. The van der Waals surface area contributed by atoms with Crippen LogP contribution in [0.5, 0.6) is 11.5 Å². The van der Waals surface area contributed by atoms with Gasteiger partial charge in [0, 0.05) is 12.1 Å². The van der Waals surface area contributed by atoms with Crippen molar-refractivity contribution in [3.05, 3.63) is 78.3 Å². The van der Waals surface area contributed by atoms with Gasteiger partial charge in [0.05, 0.1) is 20.5 Å². The number of methoxy groups -OCH3 is 2. The third-order valence-corrected chi connectivity index (χ3v) is 4.49. The summed E-state index contributed by atoms with van der Waals surface area (Å²) < 4.78 is 16.8. The predicted molar refractivity (Wildman–Crippen MR) is 111 cm³/mol. The SMILES string of the molecule is COc1ccc(CNc2nc(-c3ccc(OC)cc3)nn2C(=O)c2ccco2)cc1.